The molecular weight excluding hydrogens is 344 g/mol. The zero-order valence-electron chi connectivity index (χ0n) is 13.2. The SMILES string of the molecule is Cc1cccc(C)c1OCC(=O)Oc1c(C)cc(Br)cc1C. The van der Waals surface area contributed by atoms with E-state index in [4.69, 9.17) is 9.47 Å². The number of benzene rings is 2. The minimum Gasteiger partial charge on any atom is -0.481 e. The van der Waals surface area contributed by atoms with Crippen LogP contribution in [0.15, 0.2) is 34.8 Å². The second-order valence-electron chi connectivity index (χ2n) is 5.35. The fraction of sp³-hybridized carbons (Fsp3) is 0.278. The fourth-order valence-corrected chi connectivity index (χ4v) is 3.05. The average molecular weight is 363 g/mol. The predicted octanol–water partition coefficient (Wildman–Crippen LogP) is 4.67. The first-order chi connectivity index (χ1) is 10.4. The van der Waals surface area contributed by atoms with Crippen LogP contribution in [-0.2, 0) is 4.79 Å². The summed E-state index contributed by atoms with van der Waals surface area (Å²) in [6.07, 6.45) is 0. The van der Waals surface area contributed by atoms with E-state index in [1.807, 2.05) is 58.0 Å². The van der Waals surface area contributed by atoms with Crippen molar-refractivity contribution in [2.45, 2.75) is 27.7 Å². The maximum Gasteiger partial charge on any atom is 0.349 e. The van der Waals surface area contributed by atoms with Gasteiger partial charge in [0.1, 0.15) is 11.5 Å². The zero-order valence-corrected chi connectivity index (χ0v) is 14.8. The number of carbonyl (C=O) groups is 1. The highest BCUT2D eigenvalue weighted by Crippen LogP contribution is 2.27. The van der Waals surface area contributed by atoms with Gasteiger partial charge in [0.15, 0.2) is 6.61 Å². The smallest absolute Gasteiger partial charge is 0.349 e. The van der Waals surface area contributed by atoms with Crippen molar-refractivity contribution < 1.29 is 14.3 Å². The summed E-state index contributed by atoms with van der Waals surface area (Å²) >= 11 is 3.43. The Morgan fingerprint density at radius 2 is 1.50 bits per heavy atom. The van der Waals surface area contributed by atoms with E-state index in [0.29, 0.717) is 5.75 Å². The van der Waals surface area contributed by atoms with Crippen molar-refractivity contribution in [2.75, 3.05) is 6.61 Å². The van der Waals surface area contributed by atoms with Gasteiger partial charge in [-0.1, -0.05) is 34.1 Å². The highest BCUT2D eigenvalue weighted by Gasteiger charge is 2.13. The lowest BCUT2D eigenvalue weighted by molar-refractivity contribution is -0.136. The van der Waals surface area contributed by atoms with Crippen LogP contribution in [0.1, 0.15) is 22.3 Å². The van der Waals surface area contributed by atoms with Gasteiger partial charge in [0.05, 0.1) is 0 Å². The van der Waals surface area contributed by atoms with Gasteiger partial charge >= 0.3 is 5.97 Å². The van der Waals surface area contributed by atoms with Crippen LogP contribution in [0.3, 0.4) is 0 Å². The third kappa shape index (κ3) is 3.89. The molecule has 0 aromatic heterocycles. The molecule has 0 unspecified atom stereocenters. The topological polar surface area (TPSA) is 35.5 Å². The quantitative estimate of drug-likeness (QED) is 0.585. The molecule has 0 fully saturated rings. The number of para-hydroxylation sites is 1. The maximum atomic E-state index is 12.0. The molecule has 0 aliphatic carbocycles. The summed E-state index contributed by atoms with van der Waals surface area (Å²) in [4.78, 5) is 12.0. The molecule has 0 atom stereocenters. The van der Waals surface area contributed by atoms with E-state index in [1.54, 1.807) is 0 Å². The zero-order chi connectivity index (χ0) is 16.3. The van der Waals surface area contributed by atoms with E-state index in [2.05, 4.69) is 15.9 Å². The Morgan fingerprint density at radius 3 is 2.05 bits per heavy atom. The van der Waals surface area contributed by atoms with Crippen molar-refractivity contribution in [3.05, 3.63) is 57.1 Å². The molecule has 0 saturated heterocycles. The molecule has 0 bridgehead atoms. The first-order valence-corrected chi connectivity index (χ1v) is 7.84. The molecule has 22 heavy (non-hydrogen) atoms. The molecule has 0 amide bonds. The molecule has 2 aromatic carbocycles. The Balaban J connectivity index is 2.05. The lowest BCUT2D eigenvalue weighted by Crippen LogP contribution is -2.19. The van der Waals surface area contributed by atoms with Crippen molar-refractivity contribution in [3.63, 3.8) is 0 Å². The number of rotatable bonds is 4. The molecule has 0 aliphatic rings. The molecule has 2 aromatic rings. The molecule has 0 aliphatic heterocycles. The molecule has 116 valence electrons. The summed E-state index contributed by atoms with van der Waals surface area (Å²) in [6.45, 7) is 7.62. The van der Waals surface area contributed by atoms with Crippen molar-refractivity contribution in [1.82, 2.24) is 0 Å². The Bertz CT molecular complexity index is 664. The number of hydrogen-bond donors (Lipinski definition) is 0. The first-order valence-electron chi connectivity index (χ1n) is 7.05. The van der Waals surface area contributed by atoms with E-state index in [1.165, 1.54) is 0 Å². The van der Waals surface area contributed by atoms with E-state index >= 15 is 0 Å². The lowest BCUT2D eigenvalue weighted by Gasteiger charge is -2.13. The van der Waals surface area contributed by atoms with Crippen LogP contribution >= 0.6 is 15.9 Å². The van der Waals surface area contributed by atoms with Gasteiger partial charge in [-0.15, -0.1) is 0 Å². The van der Waals surface area contributed by atoms with Crippen molar-refractivity contribution in [3.8, 4) is 11.5 Å². The van der Waals surface area contributed by atoms with Crippen LogP contribution in [-0.4, -0.2) is 12.6 Å². The Morgan fingerprint density at radius 1 is 0.955 bits per heavy atom. The number of hydrogen-bond acceptors (Lipinski definition) is 3. The highest BCUT2D eigenvalue weighted by atomic mass is 79.9. The number of ether oxygens (including phenoxy) is 2. The minimum atomic E-state index is -0.406. The van der Waals surface area contributed by atoms with Crippen molar-refractivity contribution in [2.24, 2.45) is 0 Å². The average Bonchev–Trinajstić information content (AvgIpc) is 2.42. The summed E-state index contributed by atoms with van der Waals surface area (Å²) in [5.41, 5.74) is 3.83. The van der Waals surface area contributed by atoms with Crippen LogP contribution in [0.4, 0.5) is 0 Å². The summed E-state index contributed by atoms with van der Waals surface area (Å²) < 4.78 is 12.0. The molecule has 0 heterocycles. The highest BCUT2D eigenvalue weighted by molar-refractivity contribution is 9.10. The lowest BCUT2D eigenvalue weighted by atomic mass is 10.1. The third-order valence-electron chi connectivity index (χ3n) is 3.38. The molecule has 0 N–H and O–H groups in total. The van der Waals surface area contributed by atoms with Crippen molar-refractivity contribution >= 4 is 21.9 Å². The second-order valence-corrected chi connectivity index (χ2v) is 6.27. The van der Waals surface area contributed by atoms with E-state index < -0.39 is 5.97 Å². The second kappa shape index (κ2) is 6.97. The van der Waals surface area contributed by atoms with Crippen LogP contribution < -0.4 is 9.47 Å². The van der Waals surface area contributed by atoms with E-state index in [9.17, 15) is 4.79 Å². The Labute approximate surface area is 139 Å². The van der Waals surface area contributed by atoms with Crippen molar-refractivity contribution in [1.29, 1.82) is 0 Å². The van der Waals surface area contributed by atoms with Crippen LogP contribution in [0, 0.1) is 27.7 Å². The Kier molecular flexibility index (Phi) is 5.24. The number of carbonyl (C=O) groups excluding carboxylic acids is 1. The summed E-state index contributed by atoms with van der Waals surface area (Å²) in [5.74, 6) is 0.929. The number of halogens is 1. The van der Waals surface area contributed by atoms with E-state index in [0.717, 1.165) is 32.5 Å². The van der Waals surface area contributed by atoms with Crippen LogP contribution in [0.2, 0.25) is 0 Å². The van der Waals surface area contributed by atoms with Gasteiger partial charge in [-0.25, -0.2) is 4.79 Å². The Hall–Kier alpha value is -1.81. The van der Waals surface area contributed by atoms with Gasteiger partial charge in [-0.2, -0.15) is 0 Å². The summed E-state index contributed by atoms with van der Waals surface area (Å²) in [5, 5.41) is 0. The van der Waals surface area contributed by atoms with Gasteiger partial charge in [-0.3, -0.25) is 0 Å². The maximum absolute atomic E-state index is 12.0. The number of esters is 1. The number of aryl methyl sites for hydroxylation is 4. The first kappa shape index (κ1) is 16.6. The largest absolute Gasteiger partial charge is 0.481 e. The summed E-state index contributed by atoms with van der Waals surface area (Å²) in [7, 11) is 0. The standard InChI is InChI=1S/C18H19BrO3/c1-11-6-5-7-12(2)17(11)21-10-16(20)22-18-13(3)8-15(19)9-14(18)4/h5-9H,10H2,1-4H3. The molecule has 0 spiro atoms. The minimum absolute atomic E-state index is 0.110. The van der Waals surface area contributed by atoms with Gasteiger partial charge in [-0.05, 0) is 62.1 Å². The molecular formula is C18H19BrO3. The van der Waals surface area contributed by atoms with Gasteiger partial charge in [0.2, 0.25) is 0 Å². The molecule has 4 heteroatoms. The van der Waals surface area contributed by atoms with E-state index in [-0.39, 0.29) is 6.61 Å². The van der Waals surface area contributed by atoms with Gasteiger partial charge < -0.3 is 9.47 Å². The molecule has 2 rings (SSSR count). The van der Waals surface area contributed by atoms with Gasteiger partial charge in [0, 0.05) is 4.47 Å². The molecule has 0 saturated carbocycles. The van der Waals surface area contributed by atoms with Gasteiger partial charge in [0.25, 0.3) is 0 Å². The summed E-state index contributed by atoms with van der Waals surface area (Å²) in [6, 6.07) is 9.71. The monoisotopic (exact) mass is 362 g/mol. The van der Waals surface area contributed by atoms with Crippen LogP contribution in [0.25, 0.3) is 0 Å². The predicted molar refractivity (Wildman–Crippen MR) is 90.7 cm³/mol. The normalized spacial score (nSPS) is 10.4. The fourth-order valence-electron chi connectivity index (χ4n) is 2.36. The molecule has 0 radical (unpaired) electrons. The third-order valence-corrected chi connectivity index (χ3v) is 3.84. The molecule has 3 nitrogen and oxygen atoms in total. The van der Waals surface area contributed by atoms with Crippen LogP contribution in [0.5, 0.6) is 11.5 Å².